The van der Waals surface area contributed by atoms with E-state index in [1.165, 1.54) is 23.3 Å². The molecule has 0 spiro atoms. The van der Waals surface area contributed by atoms with Gasteiger partial charge in [0.25, 0.3) is 5.91 Å². The predicted molar refractivity (Wildman–Crippen MR) is 95.7 cm³/mol. The summed E-state index contributed by atoms with van der Waals surface area (Å²) in [6.45, 7) is 0.525. The normalized spacial score (nSPS) is 13.5. The number of aromatic nitrogens is 2. The molecule has 1 aliphatic carbocycles. The van der Waals surface area contributed by atoms with Crippen LogP contribution in [0.1, 0.15) is 39.2 Å². The van der Waals surface area contributed by atoms with Crippen molar-refractivity contribution in [2.45, 2.75) is 32.2 Å². The molecule has 3 aromatic rings. The molecule has 3 aromatic heterocycles. The summed E-state index contributed by atoms with van der Waals surface area (Å²) in [6, 6.07) is 7.85. The summed E-state index contributed by atoms with van der Waals surface area (Å²) < 4.78 is 2.06. The van der Waals surface area contributed by atoms with Crippen LogP contribution in [0.4, 0.5) is 0 Å². The van der Waals surface area contributed by atoms with Crippen molar-refractivity contribution in [2.75, 3.05) is 0 Å². The van der Waals surface area contributed by atoms with E-state index >= 15 is 0 Å². The first-order valence-electron chi connectivity index (χ1n) is 8.28. The molecule has 1 aliphatic rings. The second kappa shape index (κ2) is 6.61. The Balaban J connectivity index is 1.65. The molecule has 0 atom stereocenters. The van der Waals surface area contributed by atoms with Crippen LogP contribution in [0.3, 0.4) is 0 Å². The summed E-state index contributed by atoms with van der Waals surface area (Å²) in [6.07, 6.45) is 12.0. The topological polar surface area (TPSA) is 46.9 Å². The zero-order valence-corrected chi connectivity index (χ0v) is 14.2. The van der Waals surface area contributed by atoms with Crippen molar-refractivity contribution in [1.29, 1.82) is 0 Å². The average Bonchev–Trinajstić information content (AvgIpc) is 3.27. The molecule has 0 bridgehead atoms. The maximum absolute atomic E-state index is 12.9. The van der Waals surface area contributed by atoms with Gasteiger partial charge in [-0.2, -0.15) is 0 Å². The Morgan fingerprint density at radius 2 is 1.92 bits per heavy atom. The number of aryl methyl sites for hydroxylation is 1. The van der Waals surface area contributed by atoms with Crippen molar-refractivity contribution in [3.8, 4) is 5.00 Å². The predicted octanol–water partition coefficient (Wildman–Crippen LogP) is 3.74. The number of amides is 1. The van der Waals surface area contributed by atoms with Crippen LogP contribution in [-0.2, 0) is 19.4 Å². The quantitative estimate of drug-likeness (QED) is 0.788. The van der Waals surface area contributed by atoms with Gasteiger partial charge in [0, 0.05) is 36.2 Å². The van der Waals surface area contributed by atoms with E-state index < -0.39 is 0 Å². The highest BCUT2D eigenvalue weighted by Gasteiger charge is 2.25. The number of thiophene rings is 1. The fourth-order valence-electron chi connectivity index (χ4n) is 3.21. The van der Waals surface area contributed by atoms with Crippen LogP contribution in [0.2, 0.25) is 0 Å². The molecule has 0 saturated heterocycles. The molecule has 0 aromatic carbocycles. The summed E-state index contributed by atoms with van der Waals surface area (Å²) in [7, 11) is 0. The van der Waals surface area contributed by atoms with Gasteiger partial charge in [0.05, 0.1) is 5.56 Å². The summed E-state index contributed by atoms with van der Waals surface area (Å²) in [5.41, 5.74) is 3.17. The molecule has 3 heterocycles. The van der Waals surface area contributed by atoms with Crippen molar-refractivity contribution >= 4 is 17.2 Å². The standard InChI is InChI=1S/C19H19N3OS/c23-18(21-13-14-7-9-20-10-8-14)17-15-5-1-2-6-16(15)24-19(17)22-11-3-4-12-22/h3-4,7-12H,1-2,5-6,13H2,(H,21,23). The van der Waals surface area contributed by atoms with Gasteiger partial charge in [-0.3, -0.25) is 9.78 Å². The van der Waals surface area contributed by atoms with Crippen molar-refractivity contribution in [3.05, 3.63) is 70.6 Å². The van der Waals surface area contributed by atoms with Gasteiger partial charge in [0.2, 0.25) is 0 Å². The molecule has 24 heavy (non-hydrogen) atoms. The van der Waals surface area contributed by atoms with Crippen LogP contribution in [0, 0.1) is 0 Å². The van der Waals surface area contributed by atoms with Crippen molar-refractivity contribution in [2.24, 2.45) is 0 Å². The molecule has 0 fully saturated rings. The second-order valence-electron chi connectivity index (χ2n) is 6.02. The highest BCUT2D eigenvalue weighted by atomic mass is 32.1. The third-order valence-corrected chi connectivity index (χ3v) is 5.73. The van der Waals surface area contributed by atoms with Gasteiger partial charge in [0.1, 0.15) is 5.00 Å². The Morgan fingerprint density at radius 3 is 2.71 bits per heavy atom. The zero-order valence-electron chi connectivity index (χ0n) is 13.4. The lowest BCUT2D eigenvalue weighted by atomic mass is 9.95. The highest BCUT2D eigenvalue weighted by Crippen LogP contribution is 2.36. The summed E-state index contributed by atoms with van der Waals surface area (Å²) >= 11 is 1.76. The van der Waals surface area contributed by atoms with E-state index in [0.29, 0.717) is 6.54 Å². The number of pyridine rings is 1. The minimum atomic E-state index is 0.0231. The first-order valence-corrected chi connectivity index (χ1v) is 9.09. The summed E-state index contributed by atoms with van der Waals surface area (Å²) in [5, 5.41) is 4.12. The third kappa shape index (κ3) is 2.87. The second-order valence-corrected chi connectivity index (χ2v) is 7.10. The molecule has 0 unspecified atom stereocenters. The molecule has 0 aliphatic heterocycles. The molecule has 1 amide bonds. The van der Waals surface area contributed by atoms with Gasteiger partial charge < -0.3 is 9.88 Å². The summed E-state index contributed by atoms with van der Waals surface area (Å²) in [4.78, 5) is 18.3. The van der Waals surface area contributed by atoms with Gasteiger partial charge in [-0.25, -0.2) is 0 Å². The van der Waals surface area contributed by atoms with Crippen LogP contribution in [0.25, 0.3) is 5.00 Å². The molecule has 4 nitrogen and oxygen atoms in total. The lowest BCUT2D eigenvalue weighted by Crippen LogP contribution is -2.25. The smallest absolute Gasteiger partial charge is 0.254 e. The van der Waals surface area contributed by atoms with E-state index in [2.05, 4.69) is 14.9 Å². The van der Waals surface area contributed by atoms with Crippen LogP contribution in [0.5, 0.6) is 0 Å². The molecule has 1 N–H and O–H groups in total. The van der Waals surface area contributed by atoms with E-state index in [-0.39, 0.29) is 5.91 Å². The number of carbonyl (C=O) groups excluding carboxylic acids is 1. The Kier molecular flexibility index (Phi) is 4.17. The number of nitrogens with zero attached hydrogens (tertiary/aromatic N) is 2. The Morgan fingerprint density at radius 1 is 1.17 bits per heavy atom. The molecule has 4 rings (SSSR count). The fourth-order valence-corrected chi connectivity index (χ4v) is 4.56. The Bertz CT molecular complexity index is 837. The fraction of sp³-hybridized carbons (Fsp3) is 0.263. The van der Waals surface area contributed by atoms with Crippen LogP contribution in [0.15, 0.2) is 49.1 Å². The minimum Gasteiger partial charge on any atom is -0.348 e. The maximum Gasteiger partial charge on any atom is 0.254 e. The van der Waals surface area contributed by atoms with Gasteiger partial charge >= 0.3 is 0 Å². The van der Waals surface area contributed by atoms with E-state index in [0.717, 1.165) is 29.0 Å². The third-order valence-electron chi connectivity index (χ3n) is 4.42. The van der Waals surface area contributed by atoms with Crippen LogP contribution in [-0.4, -0.2) is 15.5 Å². The number of fused-ring (bicyclic) bond motifs is 1. The van der Waals surface area contributed by atoms with Crippen LogP contribution >= 0.6 is 11.3 Å². The maximum atomic E-state index is 12.9. The van der Waals surface area contributed by atoms with Gasteiger partial charge in [-0.15, -0.1) is 11.3 Å². The van der Waals surface area contributed by atoms with Crippen molar-refractivity contribution < 1.29 is 4.79 Å². The van der Waals surface area contributed by atoms with E-state index in [9.17, 15) is 4.79 Å². The number of carbonyl (C=O) groups is 1. The molecule has 0 radical (unpaired) electrons. The Labute approximate surface area is 145 Å². The van der Waals surface area contributed by atoms with E-state index in [4.69, 9.17) is 0 Å². The van der Waals surface area contributed by atoms with Crippen molar-refractivity contribution in [3.63, 3.8) is 0 Å². The molecule has 5 heteroatoms. The molecule has 0 saturated carbocycles. The highest BCUT2D eigenvalue weighted by molar-refractivity contribution is 7.15. The lowest BCUT2D eigenvalue weighted by Gasteiger charge is -2.13. The lowest BCUT2D eigenvalue weighted by molar-refractivity contribution is 0.0950. The number of nitrogens with one attached hydrogen (secondary N) is 1. The number of hydrogen-bond acceptors (Lipinski definition) is 3. The molecular weight excluding hydrogens is 318 g/mol. The van der Waals surface area contributed by atoms with Gasteiger partial charge in [-0.05, 0) is 61.1 Å². The molecular formula is C19H19N3OS. The first kappa shape index (κ1) is 15.1. The monoisotopic (exact) mass is 337 g/mol. The van der Waals surface area contributed by atoms with E-state index in [1.807, 2.05) is 36.7 Å². The van der Waals surface area contributed by atoms with Gasteiger partial charge in [0.15, 0.2) is 0 Å². The van der Waals surface area contributed by atoms with Crippen LogP contribution < -0.4 is 5.32 Å². The number of hydrogen-bond donors (Lipinski definition) is 1. The first-order chi connectivity index (χ1) is 11.8. The number of rotatable bonds is 4. The summed E-state index contributed by atoms with van der Waals surface area (Å²) in [5.74, 6) is 0.0231. The minimum absolute atomic E-state index is 0.0231. The zero-order chi connectivity index (χ0) is 16.4. The Hall–Kier alpha value is -2.40. The average molecular weight is 337 g/mol. The largest absolute Gasteiger partial charge is 0.348 e. The van der Waals surface area contributed by atoms with Gasteiger partial charge in [-0.1, -0.05) is 0 Å². The van der Waals surface area contributed by atoms with E-state index in [1.54, 1.807) is 23.7 Å². The molecule has 122 valence electrons. The van der Waals surface area contributed by atoms with Crippen molar-refractivity contribution in [1.82, 2.24) is 14.9 Å². The SMILES string of the molecule is O=C(NCc1ccncc1)c1c(-n2cccc2)sc2c1CCCC2.